The lowest BCUT2D eigenvalue weighted by Crippen LogP contribution is -2.16. The van der Waals surface area contributed by atoms with Gasteiger partial charge < -0.3 is 10.3 Å². The zero-order chi connectivity index (χ0) is 7.56. The average molecular weight is 139 g/mol. The Balaban J connectivity index is 2.90. The first kappa shape index (κ1) is 7.28. The molecule has 0 aliphatic carbocycles. The van der Waals surface area contributed by atoms with Crippen LogP contribution in [0.5, 0.6) is 0 Å². The summed E-state index contributed by atoms with van der Waals surface area (Å²) in [4.78, 5) is 4.14. The molecule has 1 aromatic rings. The van der Waals surface area contributed by atoms with Gasteiger partial charge in [-0.2, -0.15) is 0 Å². The normalized spacial score (nSPS) is 13.5. The predicted octanol–water partition coefficient (Wildman–Crippen LogP) is 0.923. The molecule has 0 saturated carbocycles. The van der Waals surface area contributed by atoms with Crippen molar-refractivity contribution in [3.05, 3.63) is 18.2 Å². The van der Waals surface area contributed by atoms with Gasteiger partial charge in [0.2, 0.25) is 0 Å². The van der Waals surface area contributed by atoms with E-state index in [9.17, 15) is 0 Å². The highest BCUT2D eigenvalue weighted by atomic mass is 15.1. The third-order valence-electron chi connectivity index (χ3n) is 1.50. The van der Waals surface area contributed by atoms with E-state index in [0.29, 0.717) is 0 Å². The molecule has 0 bridgehead atoms. The van der Waals surface area contributed by atoms with E-state index in [1.807, 2.05) is 17.7 Å². The van der Waals surface area contributed by atoms with Crippen LogP contribution in [-0.4, -0.2) is 9.55 Å². The molecule has 2 N–H and O–H groups in total. The quantitative estimate of drug-likeness (QED) is 0.662. The summed E-state index contributed by atoms with van der Waals surface area (Å²) in [5.41, 5.74) is 5.66. The number of aryl methyl sites for hydroxylation is 1. The molecule has 0 aromatic carbocycles. The van der Waals surface area contributed by atoms with E-state index in [4.69, 9.17) is 5.73 Å². The molecule has 1 rings (SSSR count). The molecule has 1 aromatic heterocycles. The lowest BCUT2D eigenvalue weighted by Gasteiger charge is -2.09. The molecule has 56 valence electrons. The summed E-state index contributed by atoms with van der Waals surface area (Å²) in [7, 11) is 0. The Kier molecular flexibility index (Phi) is 2.06. The smallest absolute Gasteiger partial charge is 0.109 e. The maximum atomic E-state index is 5.66. The monoisotopic (exact) mass is 139 g/mol. The molecule has 3 nitrogen and oxygen atoms in total. The molecule has 1 unspecified atom stereocenters. The van der Waals surface area contributed by atoms with Crippen molar-refractivity contribution < 1.29 is 0 Å². The first-order chi connectivity index (χ1) is 4.75. The van der Waals surface area contributed by atoms with Crippen LogP contribution in [0.15, 0.2) is 12.4 Å². The standard InChI is InChI=1S/C7H13N3/c1-3-7-9-4-5-10(7)6(2)8/h4-6H,3,8H2,1-2H3. The molecule has 0 saturated heterocycles. The second kappa shape index (κ2) is 2.84. The summed E-state index contributed by atoms with van der Waals surface area (Å²) in [6.45, 7) is 4.02. The van der Waals surface area contributed by atoms with E-state index in [2.05, 4.69) is 11.9 Å². The zero-order valence-corrected chi connectivity index (χ0v) is 6.41. The van der Waals surface area contributed by atoms with Gasteiger partial charge in [0, 0.05) is 18.8 Å². The van der Waals surface area contributed by atoms with Gasteiger partial charge in [0.25, 0.3) is 0 Å². The van der Waals surface area contributed by atoms with Gasteiger partial charge in [0.05, 0.1) is 6.17 Å². The molecule has 0 aliphatic rings. The Morgan fingerprint density at radius 3 is 2.90 bits per heavy atom. The van der Waals surface area contributed by atoms with E-state index >= 15 is 0 Å². The van der Waals surface area contributed by atoms with E-state index in [1.165, 1.54) is 0 Å². The SMILES string of the molecule is CCc1nccn1C(C)N. The maximum Gasteiger partial charge on any atom is 0.109 e. The number of nitrogens with two attached hydrogens (primary N) is 1. The van der Waals surface area contributed by atoms with E-state index in [0.717, 1.165) is 12.2 Å². The minimum atomic E-state index is 0.0393. The van der Waals surface area contributed by atoms with Gasteiger partial charge in [0.1, 0.15) is 5.82 Å². The number of hydrogen-bond donors (Lipinski definition) is 1. The van der Waals surface area contributed by atoms with Crippen LogP contribution in [0.25, 0.3) is 0 Å². The molecule has 0 spiro atoms. The van der Waals surface area contributed by atoms with Gasteiger partial charge in [-0.05, 0) is 6.92 Å². The largest absolute Gasteiger partial charge is 0.319 e. The average Bonchev–Trinajstić information content (AvgIpc) is 2.33. The van der Waals surface area contributed by atoms with Crippen LogP contribution >= 0.6 is 0 Å². The number of rotatable bonds is 2. The zero-order valence-electron chi connectivity index (χ0n) is 6.41. The van der Waals surface area contributed by atoms with Crippen molar-refractivity contribution in [1.29, 1.82) is 0 Å². The van der Waals surface area contributed by atoms with Gasteiger partial charge in [-0.1, -0.05) is 6.92 Å². The Labute approximate surface area is 60.9 Å². The van der Waals surface area contributed by atoms with Gasteiger partial charge in [-0.15, -0.1) is 0 Å². The van der Waals surface area contributed by atoms with Crippen LogP contribution in [0.3, 0.4) is 0 Å². The van der Waals surface area contributed by atoms with Gasteiger partial charge >= 0.3 is 0 Å². The van der Waals surface area contributed by atoms with Crippen molar-refractivity contribution in [3.63, 3.8) is 0 Å². The van der Waals surface area contributed by atoms with E-state index < -0.39 is 0 Å². The van der Waals surface area contributed by atoms with Crippen molar-refractivity contribution in [2.24, 2.45) is 5.73 Å². The molecule has 0 aliphatic heterocycles. The van der Waals surface area contributed by atoms with Crippen LogP contribution in [0.2, 0.25) is 0 Å². The summed E-state index contributed by atoms with van der Waals surface area (Å²) in [5.74, 6) is 1.05. The number of imidazole rings is 1. The molecule has 10 heavy (non-hydrogen) atoms. The van der Waals surface area contributed by atoms with E-state index in [-0.39, 0.29) is 6.17 Å². The second-order valence-corrected chi connectivity index (χ2v) is 2.34. The second-order valence-electron chi connectivity index (χ2n) is 2.34. The molecular weight excluding hydrogens is 126 g/mol. The van der Waals surface area contributed by atoms with E-state index in [1.54, 1.807) is 6.20 Å². The summed E-state index contributed by atoms with van der Waals surface area (Å²) >= 11 is 0. The summed E-state index contributed by atoms with van der Waals surface area (Å²) in [6, 6.07) is 0. The van der Waals surface area contributed by atoms with Crippen LogP contribution in [-0.2, 0) is 6.42 Å². The van der Waals surface area contributed by atoms with Crippen molar-refractivity contribution in [1.82, 2.24) is 9.55 Å². The summed E-state index contributed by atoms with van der Waals surface area (Å²) in [6.07, 6.45) is 4.66. The van der Waals surface area contributed by atoms with Gasteiger partial charge in [0.15, 0.2) is 0 Å². The molecule has 3 heteroatoms. The van der Waals surface area contributed by atoms with Crippen molar-refractivity contribution in [3.8, 4) is 0 Å². The highest BCUT2D eigenvalue weighted by Gasteiger charge is 2.01. The fourth-order valence-electron chi connectivity index (χ4n) is 0.989. The van der Waals surface area contributed by atoms with Crippen molar-refractivity contribution >= 4 is 0 Å². The molecule has 1 heterocycles. The minimum absolute atomic E-state index is 0.0393. The fraction of sp³-hybridized carbons (Fsp3) is 0.571. The number of nitrogens with zero attached hydrogens (tertiary/aromatic N) is 2. The number of aromatic nitrogens is 2. The topological polar surface area (TPSA) is 43.8 Å². The Bertz CT molecular complexity index is 202. The molecule has 0 amide bonds. The molecule has 1 atom stereocenters. The molecule has 0 fully saturated rings. The fourth-order valence-corrected chi connectivity index (χ4v) is 0.989. The Morgan fingerprint density at radius 2 is 2.50 bits per heavy atom. The lowest BCUT2D eigenvalue weighted by molar-refractivity contribution is 0.546. The summed E-state index contributed by atoms with van der Waals surface area (Å²) < 4.78 is 1.97. The predicted molar refractivity (Wildman–Crippen MR) is 40.5 cm³/mol. The maximum absolute atomic E-state index is 5.66. The molecule has 0 radical (unpaired) electrons. The van der Waals surface area contributed by atoms with Crippen LogP contribution in [0.4, 0.5) is 0 Å². The summed E-state index contributed by atoms with van der Waals surface area (Å²) in [5, 5.41) is 0. The minimum Gasteiger partial charge on any atom is -0.319 e. The van der Waals surface area contributed by atoms with Crippen molar-refractivity contribution in [2.45, 2.75) is 26.4 Å². The van der Waals surface area contributed by atoms with Crippen LogP contribution in [0, 0.1) is 0 Å². The van der Waals surface area contributed by atoms with Gasteiger partial charge in [-0.25, -0.2) is 4.98 Å². The third kappa shape index (κ3) is 1.19. The highest BCUT2D eigenvalue weighted by molar-refractivity contribution is 4.92. The van der Waals surface area contributed by atoms with Gasteiger partial charge in [-0.3, -0.25) is 0 Å². The Morgan fingerprint density at radius 1 is 1.80 bits per heavy atom. The number of hydrogen-bond acceptors (Lipinski definition) is 2. The first-order valence-corrected chi connectivity index (χ1v) is 3.53. The lowest BCUT2D eigenvalue weighted by atomic mass is 10.4. The Hall–Kier alpha value is -0.830. The first-order valence-electron chi connectivity index (χ1n) is 3.53. The van der Waals surface area contributed by atoms with Crippen LogP contribution in [0.1, 0.15) is 25.8 Å². The third-order valence-corrected chi connectivity index (χ3v) is 1.50. The highest BCUT2D eigenvalue weighted by Crippen LogP contribution is 2.03. The van der Waals surface area contributed by atoms with Crippen molar-refractivity contribution in [2.75, 3.05) is 0 Å². The van der Waals surface area contributed by atoms with Crippen LogP contribution < -0.4 is 5.73 Å². The molecular formula is C7H13N3.